The van der Waals surface area contributed by atoms with Gasteiger partial charge in [0.2, 0.25) is 0 Å². The Morgan fingerprint density at radius 1 is 1.58 bits per heavy atom. The van der Waals surface area contributed by atoms with Crippen LogP contribution in [0.5, 0.6) is 0 Å². The van der Waals surface area contributed by atoms with Crippen LogP contribution in [0.4, 0.5) is 0 Å². The molecule has 0 spiro atoms. The molecule has 0 aromatic carbocycles. The summed E-state index contributed by atoms with van der Waals surface area (Å²) < 4.78 is 1.25. The van der Waals surface area contributed by atoms with Gasteiger partial charge in [-0.15, -0.1) is 11.3 Å². The molecule has 12 heavy (non-hydrogen) atoms. The maximum absolute atomic E-state index is 3.48. The van der Waals surface area contributed by atoms with Crippen LogP contribution >= 0.6 is 27.3 Å². The van der Waals surface area contributed by atoms with Gasteiger partial charge in [0.1, 0.15) is 0 Å². The van der Waals surface area contributed by atoms with Crippen molar-refractivity contribution in [3.05, 3.63) is 20.8 Å². The summed E-state index contributed by atoms with van der Waals surface area (Å²) >= 11 is 5.13. The molecule has 0 fully saturated rings. The van der Waals surface area contributed by atoms with Crippen molar-refractivity contribution in [2.24, 2.45) is 0 Å². The first kappa shape index (κ1) is 15.6. The molecule has 0 atom stereocenters. The van der Waals surface area contributed by atoms with E-state index < -0.39 is 0 Å². The van der Waals surface area contributed by atoms with Crippen molar-refractivity contribution in [1.82, 2.24) is 0 Å². The number of halogens is 2. The number of rotatable bonds is 3. The van der Waals surface area contributed by atoms with Gasteiger partial charge in [-0.2, -0.15) is 0 Å². The zero-order valence-electron chi connectivity index (χ0n) is 7.07. The minimum atomic E-state index is 0. The fourth-order valence-electron chi connectivity index (χ4n) is 0.812. The summed E-state index contributed by atoms with van der Waals surface area (Å²) in [5.41, 5.74) is 1.41. The molecule has 1 aromatic rings. The van der Waals surface area contributed by atoms with Gasteiger partial charge >= 0.3 is 0 Å². The quantitative estimate of drug-likeness (QED) is 0.718. The van der Waals surface area contributed by atoms with Crippen LogP contribution in [0.2, 0.25) is 0 Å². The third-order valence-electron chi connectivity index (χ3n) is 1.43. The van der Waals surface area contributed by atoms with Gasteiger partial charge in [0.05, 0.1) is 3.79 Å². The van der Waals surface area contributed by atoms with E-state index in [0.717, 1.165) is 0 Å². The second-order valence-electron chi connectivity index (χ2n) is 2.27. The minimum Gasteiger partial charge on any atom is -1.00 e. The molecule has 0 N–H and O–H groups in total. The van der Waals surface area contributed by atoms with Gasteiger partial charge in [0.25, 0.3) is 0 Å². The van der Waals surface area contributed by atoms with E-state index in [0.29, 0.717) is 0 Å². The second kappa shape index (κ2) is 8.68. The Balaban J connectivity index is 0. The summed E-state index contributed by atoms with van der Waals surface area (Å²) in [6.45, 7) is 2.21. The average Bonchev–Trinajstić information content (AvgIpc) is 2.31. The molecule has 0 aliphatic carbocycles. The van der Waals surface area contributed by atoms with Crippen molar-refractivity contribution in [2.45, 2.75) is 26.2 Å². The maximum Gasteiger partial charge on any atom is 0.0737 e. The Labute approximate surface area is 105 Å². The summed E-state index contributed by atoms with van der Waals surface area (Å²) in [6, 6.07) is 2.07. The minimum absolute atomic E-state index is 0. The monoisotopic (exact) mass is 316 g/mol. The number of aryl methyl sites for hydroxylation is 1. The molecule has 0 aliphatic rings. The summed E-state index contributed by atoms with van der Waals surface area (Å²) in [5.74, 6) is 0. The Kier molecular flexibility index (Phi) is 11.3. The standard InChI is InChI=1S/C8H10BrS.ClH.Zn/c1-2-3-4-7-5-6-10-8(7)9;;/h5H,2-4H2,1H3;1H;/p-1. The number of hydrogen-bond acceptors (Lipinski definition) is 1. The second-order valence-corrected chi connectivity index (χ2v) is 4.43. The van der Waals surface area contributed by atoms with E-state index in [1.165, 1.54) is 28.6 Å². The molecule has 0 amide bonds. The zero-order chi connectivity index (χ0) is 7.40. The predicted octanol–water partition coefficient (Wildman–Crippen LogP) is 0.655. The van der Waals surface area contributed by atoms with Gasteiger partial charge in [-0.1, -0.05) is 13.3 Å². The van der Waals surface area contributed by atoms with Gasteiger partial charge < -0.3 is 12.4 Å². The summed E-state index contributed by atoms with van der Waals surface area (Å²) in [6.07, 6.45) is 3.74. The van der Waals surface area contributed by atoms with Crippen molar-refractivity contribution >= 4 is 27.3 Å². The van der Waals surface area contributed by atoms with E-state index in [2.05, 4.69) is 34.3 Å². The van der Waals surface area contributed by atoms with E-state index in [4.69, 9.17) is 0 Å². The van der Waals surface area contributed by atoms with Crippen LogP contribution in [0.25, 0.3) is 0 Å². The van der Waals surface area contributed by atoms with Crippen molar-refractivity contribution in [2.75, 3.05) is 0 Å². The Morgan fingerprint density at radius 3 is 2.67 bits per heavy atom. The van der Waals surface area contributed by atoms with Crippen LogP contribution in [0, 0.1) is 5.38 Å². The largest absolute Gasteiger partial charge is 1.00 e. The Hall–Kier alpha value is 1.09. The van der Waals surface area contributed by atoms with Gasteiger partial charge in [-0.3, -0.25) is 0 Å². The van der Waals surface area contributed by atoms with Crippen LogP contribution in [0.15, 0.2) is 9.85 Å². The topological polar surface area (TPSA) is 0 Å². The summed E-state index contributed by atoms with van der Waals surface area (Å²) in [4.78, 5) is 0. The number of thiophene rings is 1. The molecule has 4 heteroatoms. The Bertz CT molecular complexity index is 203. The van der Waals surface area contributed by atoms with Crippen molar-refractivity contribution < 1.29 is 31.9 Å². The van der Waals surface area contributed by atoms with Crippen LogP contribution < -0.4 is 12.4 Å². The smallest absolute Gasteiger partial charge is 0.0737 e. The van der Waals surface area contributed by atoms with E-state index in [1.54, 1.807) is 11.3 Å². The molecule has 0 saturated carbocycles. The first-order chi connectivity index (χ1) is 4.84. The van der Waals surface area contributed by atoms with Crippen LogP contribution in [0.1, 0.15) is 25.3 Å². The van der Waals surface area contributed by atoms with Crippen LogP contribution in [0.3, 0.4) is 0 Å². The van der Waals surface area contributed by atoms with Crippen LogP contribution in [-0.2, 0) is 25.9 Å². The van der Waals surface area contributed by atoms with E-state index in [9.17, 15) is 0 Å². The molecule has 1 radical (unpaired) electrons. The molecule has 0 aliphatic heterocycles. The zero-order valence-corrected chi connectivity index (χ0v) is 13.2. The predicted molar refractivity (Wildman–Crippen MR) is 49.5 cm³/mol. The fourth-order valence-corrected chi connectivity index (χ4v) is 2.00. The van der Waals surface area contributed by atoms with Gasteiger partial charge in [0.15, 0.2) is 0 Å². The SMILES string of the molecule is CCCCc1c[c]sc1Br.[Cl-].[Zn]. The molecular weight excluding hydrogens is 309 g/mol. The van der Waals surface area contributed by atoms with Gasteiger partial charge in [-0.05, 0) is 40.4 Å². The first-order valence-electron chi connectivity index (χ1n) is 3.49. The van der Waals surface area contributed by atoms with Crippen molar-refractivity contribution in [1.29, 1.82) is 0 Å². The molecule has 1 rings (SSSR count). The molecule has 1 heterocycles. The van der Waals surface area contributed by atoms with E-state index in [1.807, 2.05) is 0 Å². The molecular formula is C8H10BrClSZn-. The normalized spacial score (nSPS) is 8.50. The summed E-state index contributed by atoms with van der Waals surface area (Å²) in [5, 5.41) is 3.10. The molecule has 0 unspecified atom stereocenters. The fraction of sp³-hybridized carbons (Fsp3) is 0.500. The van der Waals surface area contributed by atoms with E-state index in [-0.39, 0.29) is 31.9 Å². The van der Waals surface area contributed by atoms with E-state index >= 15 is 0 Å². The number of hydrogen-bond donors (Lipinski definition) is 0. The van der Waals surface area contributed by atoms with Gasteiger partial charge in [0, 0.05) is 24.9 Å². The molecule has 0 bridgehead atoms. The maximum atomic E-state index is 3.48. The molecule has 1 aromatic heterocycles. The average molecular weight is 319 g/mol. The summed E-state index contributed by atoms with van der Waals surface area (Å²) in [7, 11) is 0. The number of unbranched alkanes of at least 4 members (excludes halogenated alkanes) is 1. The Morgan fingerprint density at radius 2 is 2.25 bits per heavy atom. The molecule has 0 nitrogen and oxygen atoms in total. The van der Waals surface area contributed by atoms with Crippen LogP contribution in [-0.4, -0.2) is 0 Å². The van der Waals surface area contributed by atoms with Crippen molar-refractivity contribution in [3.63, 3.8) is 0 Å². The third kappa shape index (κ3) is 4.96. The van der Waals surface area contributed by atoms with Gasteiger partial charge in [-0.25, -0.2) is 0 Å². The third-order valence-corrected chi connectivity index (χ3v) is 3.11. The molecule has 65 valence electrons. The molecule has 0 saturated heterocycles. The van der Waals surface area contributed by atoms with Crippen molar-refractivity contribution in [3.8, 4) is 0 Å². The first-order valence-corrected chi connectivity index (χ1v) is 5.09.